The van der Waals surface area contributed by atoms with Crippen molar-refractivity contribution in [2.24, 2.45) is 4.99 Å². The highest BCUT2D eigenvalue weighted by Gasteiger charge is 2.26. The maximum absolute atomic E-state index is 6.41. The van der Waals surface area contributed by atoms with Crippen molar-refractivity contribution in [1.29, 1.82) is 0 Å². The second kappa shape index (κ2) is 11.6. The van der Waals surface area contributed by atoms with E-state index in [0.29, 0.717) is 11.3 Å². The molecule has 1 aromatic rings. The lowest BCUT2D eigenvalue weighted by atomic mass is 9.84. The third kappa shape index (κ3) is 6.64. The summed E-state index contributed by atoms with van der Waals surface area (Å²) < 4.78 is 17.7. The normalized spacial score (nSPS) is 21.2. The van der Waals surface area contributed by atoms with Crippen LogP contribution in [0.1, 0.15) is 69.4 Å². The number of nitrogens with zero attached hydrogens (tertiary/aromatic N) is 1. The molecule has 2 aliphatic rings. The molecule has 0 radical (unpaired) electrons. The summed E-state index contributed by atoms with van der Waals surface area (Å²) in [6.45, 7) is 9.08. The number of aryl methyl sites for hydroxylation is 1. The molecule has 2 atom stereocenters. The molecular weight excluding hydrogens is 394 g/mol. The summed E-state index contributed by atoms with van der Waals surface area (Å²) in [5.41, 5.74) is 3.78. The van der Waals surface area contributed by atoms with Crippen LogP contribution in [0, 0.1) is 0 Å². The van der Waals surface area contributed by atoms with Crippen LogP contribution in [0.25, 0.3) is 0 Å². The van der Waals surface area contributed by atoms with Gasteiger partial charge in [-0.3, -0.25) is 0 Å². The Kier molecular flexibility index (Phi) is 8.88. The van der Waals surface area contributed by atoms with Crippen molar-refractivity contribution in [3.63, 3.8) is 0 Å². The van der Waals surface area contributed by atoms with Gasteiger partial charge in [-0.1, -0.05) is 49.8 Å². The summed E-state index contributed by atoms with van der Waals surface area (Å²) in [7, 11) is 1.78. The molecule has 1 aliphatic carbocycles. The highest BCUT2D eigenvalue weighted by Crippen LogP contribution is 2.43. The van der Waals surface area contributed by atoms with E-state index in [2.05, 4.69) is 43.6 Å². The maximum atomic E-state index is 6.41. The second-order valence-electron chi connectivity index (χ2n) is 8.12. The van der Waals surface area contributed by atoms with Crippen molar-refractivity contribution in [3.8, 4) is 11.5 Å². The summed E-state index contributed by atoms with van der Waals surface area (Å²) in [6, 6.07) is 4.36. The average molecular weight is 430 g/mol. The van der Waals surface area contributed by atoms with Gasteiger partial charge in [0.2, 0.25) is 0 Å². The fraction of sp³-hybridized carbons (Fsp3) is 0.560. The topological polar surface area (TPSA) is 43.4 Å². The molecule has 1 aromatic carbocycles. The molecule has 30 heavy (non-hydrogen) atoms. The molecule has 4 nitrogen and oxygen atoms in total. The molecule has 0 aromatic heterocycles. The summed E-state index contributed by atoms with van der Waals surface area (Å²) >= 11 is 1.62. The lowest BCUT2D eigenvalue weighted by Crippen LogP contribution is -2.12. The molecular formula is C25H35NO3S. The number of benzene rings is 1. The minimum absolute atomic E-state index is 0.281. The second-order valence-corrected chi connectivity index (χ2v) is 9.09. The van der Waals surface area contributed by atoms with Crippen LogP contribution in [0.2, 0.25) is 0 Å². The number of epoxide rings is 1. The van der Waals surface area contributed by atoms with E-state index in [-0.39, 0.29) is 5.92 Å². The fourth-order valence-electron chi connectivity index (χ4n) is 3.92. The van der Waals surface area contributed by atoms with Gasteiger partial charge in [0.1, 0.15) is 11.5 Å². The van der Waals surface area contributed by atoms with E-state index < -0.39 is 0 Å². The Morgan fingerprint density at radius 3 is 2.80 bits per heavy atom. The Morgan fingerprint density at radius 1 is 1.33 bits per heavy atom. The van der Waals surface area contributed by atoms with Gasteiger partial charge in [-0.25, -0.2) is 4.99 Å². The van der Waals surface area contributed by atoms with Crippen LogP contribution in [-0.2, 0) is 11.2 Å². The zero-order valence-corrected chi connectivity index (χ0v) is 19.4. The SMILES string of the molecule is C=COc1cc(CCCCC)cc(OC(=NC)SCC2CO2)c1[C@@H]1C=C(C)CCC1. The molecule has 3 rings (SSSR count). The van der Waals surface area contributed by atoms with Gasteiger partial charge in [0.15, 0.2) is 0 Å². The molecule has 0 amide bonds. The van der Waals surface area contributed by atoms with Gasteiger partial charge in [-0.2, -0.15) is 0 Å². The molecule has 1 fully saturated rings. The molecule has 0 saturated carbocycles. The first-order valence-corrected chi connectivity index (χ1v) is 12.1. The van der Waals surface area contributed by atoms with Crippen molar-refractivity contribution < 1.29 is 14.2 Å². The molecule has 1 heterocycles. The first-order valence-electron chi connectivity index (χ1n) is 11.1. The smallest absolute Gasteiger partial charge is 0.251 e. The lowest BCUT2D eigenvalue weighted by molar-refractivity contribution is 0.426. The summed E-state index contributed by atoms with van der Waals surface area (Å²) in [6.07, 6.45) is 12.3. The Bertz CT molecular complexity index is 783. The summed E-state index contributed by atoms with van der Waals surface area (Å²) in [5, 5.41) is 0.679. The Balaban J connectivity index is 1.94. The molecule has 0 N–H and O–H groups in total. The highest BCUT2D eigenvalue weighted by molar-refractivity contribution is 8.13. The van der Waals surface area contributed by atoms with E-state index in [4.69, 9.17) is 14.2 Å². The predicted molar refractivity (Wildman–Crippen MR) is 127 cm³/mol. The van der Waals surface area contributed by atoms with Crippen LogP contribution in [0.5, 0.6) is 11.5 Å². The Hall–Kier alpha value is -1.72. The van der Waals surface area contributed by atoms with Gasteiger partial charge in [0.25, 0.3) is 5.23 Å². The molecule has 1 unspecified atom stereocenters. The van der Waals surface area contributed by atoms with E-state index in [1.54, 1.807) is 18.8 Å². The summed E-state index contributed by atoms with van der Waals surface area (Å²) in [4.78, 5) is 4.39. The zero-order chi connectivity index (χ0) is 21.3. The zero-order valence-electron chi connectivity index (χ0n) is 18.6. The molecule has 164 valence electrons. The maximum Gasteiger partial charge on any atom is 0.251 e. The largest absolute Gasteiger partial charge is 0.465 e. The minimum Gasteiger partial charge on any atom is -0.465 e. The standard InChI is InChI=1S/C25H35NO3S/c1-5-7-8-11-19-14-22(27-6-2)24(20-12-9-10-18(3)13-20)23(15-19)29-25(26-4)30-17-21-16-28-21/h6,13-15,20-21H,2,5,7-12,16-17H2,1,3-4H3/t20-,21?/m0/s1. The van der Waals surface area contributed by atoms with Crippen LogP contribution < -0.4 is 9.47 Å². The monoisotopic (exact) mass is 429 g/mol. The van der Waals surface area contributed by atoms with Crippen LogP contribution in [0.3, 0.4) is 0 Å². The Labute approximate surface area is 185 Å². The molecule has 0 bridgehead atoms. The molecule has 5 heteroatoms. The van der Waals surface area contributed by atoms with E-state index in [0.717, 1.165) is 48.7 Å². The van der Waals surface area contributed by atoms with E-state index in [9.17, 15) is 0 Å². The summed E-state index contributed by atoms with van der Waals surface area (Å²) in [5.74, 6) is 2.87. The third-order valence-electron chi connectivity index (χ3n) is 5.56. The van der Waals surface area contributed by atoms with Crippen LogP contribution in [0.15, 0.2) is 41.6 Å². The van der Waals surface area contributed by atoms with E-state index in [1.165, 1.54) is 43.1 Å². The predicted octanol–water partition coefficient (Wildman–Crippen LogP) is 6.65. The van der Waals surface area contributed by atoms with Crippen molar-refractivity contribution >= 4 is 17.0 Å². The Morgan fingerprint density at radius 2 is 2.13 bits per heavy atom. The van der Waals surface area contributed by atoms with Crippen LogP contribution >= 0.6 is 11.8 Å². The van der Waals surface area contributed by atoms with Gasteiger partial charge in [-0.05, 0) is 56.7 Å². The van der Waals surface area contributed by atoms with Gasteiger partial charge in [0, 0.05) is 24.3 Å². The highest BCUT2D eigenvalue weighted by atomic mass is 32.2. The minimum atomic E-state index is 0.281. The van der Waals surface area contributed by atoms with E-state index >= 15 is 0 Å². The van der Waals surface area contributed by atoms with Gasteiger partial charge >= 0.3 is 0 Å². The number of aliphatic imine (C=N–C) groups is 1. The number of hydrogen-bond acceptors (Lipinski definition) is 5. The van der Waals surface area contributed by atoms with Crippen molar-refractivity contribution in [1.82, 2.24) is 0 Å². The number of allylic oxidation sites excluding steroid dienone is 2. The van der Waals surface area contributed by atoms with Gasteiger partial charge in [0.05, 0.1) is 19.0 Å². The van der Waals surface area contributed by atoms with Crippen molar-refractivity contribution in [2.45, 2.75) is 70.8 Å². The lowest BCUT2D eigenvalue weighted by Gasteiger charge is -2.25. The van der Waals surface area contributed by atoms with Crippen LogP contribution in [-0.4, -0.2) is 30.7 Å². The molecule has 1 saturated heterocycles. The quantitative estimate of drug-likeness (QED) is 0.104. The van der Waals surface area contributed by atoms with Gasteiger partial charge < -0.3 is 14.2 Å². The number of thioether (sulfide) groups is 1. The number of unbranched alkanes of at least 4 members (excludes halogenated alkanes) is 2. The third-order valence-corrected chi connectivity index (χ3v) is 6.61. The van der Waals surface area contributed by atoms with E-state index in [1.807, 2.05) is 0 Å². The van der Waals surface area contributed by atoms with Gasteiger partial charge in [-0.15, -0.1) is 0 Å². The van der Waals surface area contributed by atoms with Crippen molar-refractivity contribution in [2.75, 3.05) is 19.4 Å². The number of ether oxygens (including phenoxy) is 3. The number of rotatable bonds is 10. The first kappa shape index (κ1) is 23.0. The van der Waals surface area contributed by atoms with Crippen molar-refractivity contribution in [3.05, 3.63) is 47.7 Å². The molecule has 0 spiro atoms. The molecule has 1 aliphatic heterocycles. The number of hydrogen-bond donors (Lipinski definition) is 0. The first-order chi connectivity index (χ1) is 14.6. The van der Waals surface area contributed by atoms with Crippen LogP contribution in [0.4, 0.5) is 0 Å². The fourth-order valence-corrected chi connectivity index (χ4v) is 4.72. The average Bonchev–Trinajstić information content (AvgIpc) is 3.56.